The van der Waals surface area contributed by atoms with Gasteiger partial charge in [-0.1, -0.05) is 66.7 Å². The van der Waals surface area contributed by atoms with E-state index in [0.717, 1.165) is 47.2 Å². The summed E-state index contributed by atoms with van der Waals surface area (Å²) in [6.07, 6.45) is -2.43. The Labute approximate surface area is 223 Å². The van der Waals surface area contributed by atoms with Gasteiger partial charge in [0.15, 0.2) is 0 Å². The van der Waals surface area contributed by atoms with E-state index in [1.807, 2.05) is 78.9 Å². The van der Waals surface area contributed by atoms with Crippen LogP contribution in [0.4, 0.5) is 13.2 Å². The van der Waals surface area contributed by atoms with Crippen molar-refractivity contribution >= 4 is 16.7 Å². The Bertz CT molecular complexity index is 1680. The normalized spacial score (nSPS) is 13.3. The van der Waals surface area contributed by atoms with Gasteiger partial charge in [-0.3, -0.25) is 9.98 Å². The van der Waals surface area contributed by atoms with Gasteiger partial charge in [-0.2, -0.15) is 13.2 Å². The molecule has 194 valence electrons. The van der Waals surface area contributed by atoms with Gasteiger partial charge in [0, 0.05) is 23.7 Å². The second-order valence-electron chi connectivity index (χ2n) is 9.34. The van der Waals surface area contributed by atoms with Crippen molar-refractivity contribution in [3.05, 3.63) is 126 Å². The maximum Gasteiger partial charge on any atom is 0.418 e. The van der Waals surface area contributed by atoms with Crippen molar-refractivity contribution < 1.29 is 17.9 Å². The molecule has 1 aromatic heterocycles. The smallest absolute Gasteiger partial charge is 0.418 e. The Morgan fingerprint density at radius 3 is 2.23 bits per heavy atom. The number of pyridine rings is 1. The number of hydrogen-bond acceptors (Lipinski definition) is 4. The molecule has 0 unspecified atom stereocenters. The summed E-state index contributed by atoms with van der Waals surface area (Å²) in [4.78, 5) is 8.77. The number of nitrogens with one attached hydrogen (secondary N) is 1. The van der Waals surface area contributed by atoms with E-state index in [9.17, 15) is 13.2 Å². The molecule has 4 nitrogen and oxygen atoms in total. The molecule has 7 heteroatoms. The maximum atomic E-state index is 13.9. The fourth-order valence-electron chi connectivity index (χ4n) is 4.93. The second-order valence-corrected chi connectivity index (χ2v) is 9.34. The van der Waals surface area contributed by atoms with Crippen molar-refractivity contribution in [2.45, 2.75) is 12.6 Å². The van der Waals surface area contributed by atoms with Crippen LogP contribution in [-0.2, 0) is 12.6 Å². The lowest BCUT2D eigenvalue weighted by Crippen LogP contribution is -2.19. The Morgan fingerprint density at radius 1 is 0.795 bits per heavy atom. The van der Waals surface area contributed by atoms with Crippen molar-refractivity contribution in [2.75, 3.05) is 13.1 Å². The van der Waals surface area contributed by atoms with Crippen LogP contribution in [0, 0.1) is 0 Å². The molecule has 0 fully saturated rings. The van der Waals surface area contributed by atoms with Gasteiger partial charge in [-0.15, -0.1) is 0 Å². The van der Waals surface area contributed by atoms with Crippen LogP contribution in [0.5, 0.6) is 11.5 Å². The molecule has 0 saturated heterocycles. The predicted molar refractivity (Wildman–Crippen MR) is 147 cm³/mol. The van der Waals surface area contributed by atoms with Crippen molar-refractivity contribution in [1.82, 2.24) is 10.3 Å². The van der Waals surface area contributed by atoms with Gasteiger partial charge in [0.1, 0.15) is 17.3 Å². The number of fused-ring (bicyclic) bond motifs is 1. The molecular formula is C32H24F3N3O. The molecule has 0 saturated carbocycles. The van der Waals surface area contributed by atoms with Crippen LogP contribution in [0.15, 0.2) is 108 Å². The van der Waals surface area contributed by atoms with E-state index in [-0.39, 0.29) is 5.52 Å². The number of aliphatic imine (C=N–C) groups is 1. The SMILES string of the molecule is FC(F)(F)c1cccc2c(-c3cccc(Oc4cccc(C5=NCCN5)c4)c3)c(Cc3ccccc3)cnc12. The van der Waals surface area contributed by atoms with Crippen molar-refractivity contribution in [2.24, 2.45) is 4.99 Å². The van der Waals surface area contributed by atoms with Crippen LogP contribution < -0.4 is 10.1 Å². The van der Waals surface area contributed by atoms with Gasteiger partial charge in [-0.05, 0) is 59.0 Å². The highest BCUT2D eigenvalue weighted by atomic mass is 19.4. The standard InChI is InChI=1S/C32H24F3N3O/c33-32(34,35)28-14-6-13-27-29(24(20-38-30(27)28)17-21-7-2-1-3-8-21)22-9-4-11-25(18-22)39-26-12-5-10-23(19-26)31-36-15-16-37-31/h1-14,18-20H,15-17H2,(H,36,37). The highest BCUT2D eigenvalue weighted by Gasteiger charge is 2.33. The fraction of sp³-hybridized carbons (Fsp3) is 0.125. The molecule has 0 spiro atoms. The van der Waals surface area contributed by atoms with Crippen LogP contribution >= 0.6 is 0 Å². The van der Waals surface area contributed by atoms with E-state index in [4.69, 9.17) is 4.74 Å². The molecule has 5 aromatic rings. The Hall–Kier alpha value is -4.65. The van der Waals surface area contributed by atoms with E-state index in [1.54, 1.807) is 12.3 Å². The van der Waals surface area contributed by atoms with Gasteiger partial charge in [-0.25, -0.2) is 0 Å². The third-order valence-corrected chi connectivity index (χ3v) is 6.66. The van der Waals surface area contributed by atoms with Crippen LogP contribution in [-0.4, -0.2) is 23.9 Å². The molecule has 0 radical (unpaired) electrons. The number of halogens is 3. The number of ether oxygens (including phenoxy) is 1. The minimum Gasteiger partial charge on any atom is -0.457 e. The minimum absolute atomic E-state index is 0.0688. The summed E-state index contributed by atoms with van der Waals surface area (Å²) in [5.41, 5.74) is 3.45. The van der Waals surface area contributed by atoms with Gasteiger partial charge < -0.3 is 10.1 Å². The zero-order valence-electron chi connectivity index (χ0n) is 20.9. The van der Waals surface area contributed by atoms with Crippen LogP contribution in [0.3, 0.4) is 0 Å². The number of benzene rings is 4. The molecule has 0 amide bonds. The first-order valence-corrected chi connectivity index (χ1v) is 12.6. The summed E-state index contributed by atoms with van der Waals surface area (Å²) in [6, 6.07) is 29.1. The first-order valence-electron chi connectivity index (χ1n) is 12.6. The molecule has 6 rings (SSSR count). The number of amidine groups is 1. The lowest BCUT2D eigenvalue weighted by Gasteiger charge is -2.17. The van der Waals surface area contributed by atoms with Gasteiger partial charge in [0.25, 0.3) is 0 Å². The van der Waals surface area contributed by atoms with Crippen LogP contribution in [0.2, 0.25) is 0 Å². The van der Waals surface area contributed by atoms with Crippen LogP contribution in [0.1, 0.15) is 22.3 Å². The Morgan fingerprint density at radius 2 is 1.51 bits per heavy atom. The molecular weight excluding hydrogens is 499 g/mol. The summed E-state index contributed by atoms with van der Waals surface area (Å²) in [5, 5.41) is 3.71. The monoisotopic (exact) mass is 523 g/mol. The quantitative estimate of drug-likeness (QED) is 0.249. The van der Waals surface area contributed by atoms with E-state index in [1.165, 1.54) is 6.07 Å². The van der Waals surface area contributed by atoms with E-state index >= 15 is 0 Å². The number of aromatic nitrogens is 1. The number of nitrogens with zero attached hydrogens (tertiary/aromatic N) is 2. The summed E-state index contributed by atoms with van der Waals surface area (Å²) in [5.74, 6) is 2.06. The average Bonchev–Trinajstić information content (AvgIpc) is 3.48. The first kappa shape index (κ1) is 24.7. The third kappa shape index (κ3) is 5.21. The highest BCUT2D eigenvalue weighted by molar-refractivity contribution is 6.00. The first-order chi connectivity index (χ1) is 19.0. The van der Waals surface area contributed by atoms with Crippen molar-refractivity contribution in [3.8, 4) is 22.6 Å². The van der Waals surface area contributed by atoms with E-state index in [2.05, 4.69) is 15.3 Å². The molecule has 1 aliphatic rings. The lowest BCUT2D eigenvalue weighted by atomic mass is 9.92. The van der Waals surface area contributed by atoms with Gasteiger partial charge in [0.2, 0.25) is 0 Å². The zero-order chi connectivity index (χ0) is 26.8. The predicted octanol–water partition coefficient (Wildman–Crippen LogP) is 7.65. The molecule has 0 atom stereocenters. The third-order valence-electron chi connectivity index (χ3n) is 6.66. The lowest BCUT2D eigenvalue weighted by molar-refractivity contribution is -0.136. The minimum atomic E-state index is -4.51. The number of para-hydroxylation sites is 1. The second kappa shape index (κ2) is 10.3. The van der Waals surface area contributed by atoms with Gasteiger partial charge >= 0.3 is 6.18 Å². The largest absolute Gasteiger partial charge is 0.457 e. The highest BCUT2D eigenvalue weighted by Crippen LogP contribution is 2.40. The van der Waals surface area contributed by atoms with Crippen LogP contribution in [0.25, 0.3) is 22.0 Å². The molecule has 1 N–H and O–H groups in total. The number of hydrogen-bond donors (Lipinski definition) is 1. The molecule has 2 heterocycles. The zero-order valence-corrected chi connectivity index (χ0v) is 20.9. The number of alkyl halides is 3. The summed E-state index contributed by atoms with van der Waals surface area (Å²) >= 11 is 0. The van der Waals surface area contributed by atoms with Crippen molar-refractivity contribution in [3.63, 3.8) is 0 Å². The fourth-order valence-corrected chi connectivity index (χ4v) is 4.93. The number of rotatable bonds is 6. The average molecular weight is 524 g/mol. The molecule has 1 aliphatic heterocycles. The molecule has 4 aromatic carbocycles. The maximum absolute atomic E-state index is 13.9. The van der Waals surface area contributed by atoms with Crippen molar-refractivity contribution in [1.29, 1.82) is 0 Å². The summed E-state index contributed by atoms with van der Waals surface area (Å²) < 4.78 is 47.8. The van der Waals surface area contributed by atoms with E-state index in [0.29, 0.717) is 28.9 Å². The summed E-state index contributed by atoms with van der Waals surface area (Å²) in [6.45, 7) is 1.55. The topological polar surface area (TPSA) is 46.5 Å². The molecule has 39 heavy (non-hydrogen) atoms. The molecule has 0 bridgehead atoms. The molecule has 0 aliphatic carbocycles. The Balaban J connectivity index is 1.44. The van der Waals surface area contributed by atoms with Gasteiger partial charge in [0.05, 0.1) is 17.6 Å². The Kier molecular flexibility index (Phi) is 6.49. The summed E-state index contributed by atoms with van der Waals surface area (Å²) in [7, 11) is 0. The van der Waals surface area contributed by atoms with E-state index < -0.39 is 11.7 Å².